The molecule has 0 saturated carbocycles. The molecule has 0 unspecified atom stereocenters. The Kier molecular flexibility index (Phi) is 9.93. The molecule has 0 aliphatic rings. The van der Waals surface area contributed by atoms with Crippen LogP contribution in [-0.2, 0) is 19.7 Å². The summed E-state index contributed by atoms with van der Waals surface area (Å²) in [7, 11) is 1.59. The first-order valence-corrected chi connectivity index (χ1v) is 15.1. The van der Waals surface area contributed by atoms with Crippen molar-refractivity contribution in [2.75, 3.05) is 30.0 Å². The molecule has 0 saturated heterocycles. The zero-order valence-corrected chi connectivity index (χ0v) is 26.8. The lowest BCUT2D eigenvalue weighted by atomic mass is 10.1. The summed E-state index contributed by atoms with van der Waals surface area (Å²) in [5.74, 6) is -0.204. The third-order valence-electron chi connectivity index (χ3n) is 7.51. The lowest BCUT2D eigenvalue weighted by Crippen LogP contribution is -2.19. The Morgan fingerprint density at radius 2 is 1.71 bits per heavy atom. The molecule has 0 aliphatic carbocycles. The normalized spacial score (nSPS) is 11.1. The van der Waals surface area contributed by atoms with Crippen LogP contribution in [0.25, 0.3) is 11.0 Å². The number of carbonyl (C=O) groups excluding carboxylic acids is 3. The number of benzene rings is 3. The number of aromatic nitrogens is 4. The molecule has 14 heteroatoms. The van der Waals surface area contributed by atoms with E-state index in [0.717, 1.165) is 17.0 Å². The smallest absolute Gasteiger partial charge is 0.276 e. The number of amides is 3. The van der Waals surface area contributed by atoms with E-state index in [1.165, 1.54) is 6.07 Å². The topological polar surface area (TPSA) is 207 Å². The summed E-state index contributed by atoms with van der Waals surface area (Å²) < 4.78 is 14.7. The molecule has 248 valence electrons. The standard InChI is InChI=1S/C34H37N9O5/c1-4-43-28(15-20(2)41-43)33(46)40-34-39-26-17-22(31(36)44)9-12-27(26)42(34)14-6-5-13-38-30-25(35)16-23(32(37)45)18-29(30)48-19-21-7-10-24(47-3)11-8-21/h5-12,15-18,38H,4,13-14,19,35H2,1-3H3,(H2,36,44)(H2,37,45)(H,39,40,46)/b6-5+. The Bertz CT molecular complexity index is 2010. The van der Waals surface area contributed by atoms with E-state index in [1.807, 2.05) is 54.8 Å². The molecule has 0 aliphatic heterocycles. The molecule has 2 heterocycles. The maximum Gasteiger partial charge on any atom is 0.276 e. The van der Waals surface area contributed by atoms with Gasteiger partial charge in [-0.25, -0.2) is 4.98 Å². The van der Waals surface area contributed by atoms with Crippen LogP contribution in [0, 0.1) is 6.92 Å². The summed E-state index contributed by atoms with van der Waals surface area (Å²) in [5.41, 5.74) is 21.8. The first-order chi connectivity index (χ1) is 23.1. The Labute approximate surface area is 276 Å². The first-order valence-electron chi connectivity index (χ1n) is 15.1. The average molecular weight is 652 g/mol. The van der Waals surface area contributed by atoms with Gasteiger partial charge >= 0.3 is 0 Å². The number of nitrogens with one attached hydrogen (secondary N) is 2. The average Bonchev–Trinajstić information content (AvgIpc) is 3.63. The number of nitrogen functional groups attached to an aromatic ring is 1. The van der Waals surface area contributed by atoms with Gasteiger partial charge in [-0.3, -0.25) is 24.4 Å². The molecule has 5 aromatic rings. The van der Waals surface area contributed by atoms with Gasteiger partial charge < -0.3 is 36.6 Å². The maximum atomic E-state index is 13.3. The minimum atomic E-state index is -0.630. The van der Waals surface area contributed by atoms with Crippen molar-refractivity contribution in [3.05, 3.63) is 101 Å². The van der Waals surface area contributed by atoms with Gasteiger partial charge in [-0.05, 0) is 67.9 Å². The number of nitrogens with zero attached hydrogens (tertiary/aromatic N) is 4. The quantitative estimate of drug-likeness (QED) is 0.0871. The molecule has 0 spiro atoms. The number of allylic oxidation sites excluding steroid dienone is 1. The van der Waals surface area contributed by atoms with Crippen LogP contribution in [-0.4, -0.2) is 50.7 Å². The fraction of sp³-hybridized carbons (Fsp3) is 0.206. The minimum Gasteiger partial charge on any atom is -0.497 e. The van der Waals surface area contributed by atoms with Gasteiger partial charge in [0.2, 0.25) is 17.8 Å². The Morgan fingerprint density at radius 3 is 2.40 bits per heavy atom. The summed E-state index contributed by atoms with van der Waals surface area (Å²) in [6.45, 7) is 5.13. The van der Waals surface area contributed by atoms with E-state index in [0.29, 0.717) is 59.0 Å². The van der Waals surface area contributed by atoms with Crippen molar-refractivity contribution < 1.29 is 23.9 Å². The molecule has 2 aromatic heterocycles. The molecule has 0 bridgehead atoms. The third-order valence-corrected chi connectivity index (χ3v) is 7.51. The van der Waals surface area contributed by atoms with E-state index in [1.54, 1.807) is 42.1 Å². The summed E-state index contributed by atoms with van der Waals surface area (Å²) in [6.07, 6.45) is 3.76. The fourth-order valence-electron chi connectivity index (χ4n) is 5.09. The number of hydrogen-bond donors (Lipinski definition) is 5. The zero-order valence-electron chi connectivity index (χ0n) is 26.8. The van der Waals surface area contributed by atoms with Crippen LogP contribution in [0.4, 0.5) is 17.3 Å². The van der Waals surface area contributed by atoms with Crippen molar-refractivity contribution in [2.45, 2.75) is 33.5 Å². The van der Waals surface area contributed by atoms with Crippen LogP contribution in [0.15, 0.2) is 72.8 Å². The van der Waals surface area contributed by atoms with Gasteiger partial charge in [0, 0.05) is 30.8 Å². The number of fused-ring (bicyclic) bond motifs is 1. The van der Waals surface area contributed by atoms with Gasteiger partial charge in [-0.2, -0.15) is 5.10 Å². The number of carbonyl (C=O) groups is 3. The van der Waals surface area contributed by atoms with Crippen LogP contribution in [0.1, 0.15) is 49.4 Å². The van der Waals surface area contributed by atoms with Crippen LogP contribution in [0.3, 0.4) is 0 Å². The van der Waals surface area contributed by atoms with E-state index in [4.69, 9.17) is 26.7 Å². The summed E-state index contributed by atoms with van der Waals surface area (Å²) in [4.78, 5) is 41.6. The van der Waals surface area contributed by atoms with Gasteiger partial charge in [0.05, 0.1) is 29.5 Å². The maximum absolute atomic E-state index is 13.3. The van der Waals surface area contributed by atoms with Crippen molar-refractivity contribution in [3.63, 3.8) is 0 Å². The van der Waals surface area contributed by atoms with Crippen molar-refractivity contribution in [2.24, 2.45) is 11.5 Å². The number of imidazole rings is 1. The van der Waals surface area contributed by atoms with E-state index < -0.39 is 11.8 Å². The zero-order chi connectivity index (χ0) is 34.4. The van der Waals surface area contributed by atoms with Crippen molar-refractivity contribution in [3.8, 4) is 11.5 Å². The molecular weight excluding hydrogens is 614 g/mol. The first kappa shape index (κ1) is 33.1. The van der Waals surface area contributed by atoms with E-state index >= 15 is 0 Å². The third kappa shape index (κ3) is 7.39. The number of rotatable bonds is 14. The molecule has 5 rings (SSSR count). The van der Waals surface area contributed by atoms with Crippen molar-refractivity contribution >= 4 is 46.1 Å². The van der Waals surface area contributed by atoms with Gasteiger partial charge in [-0.1, -0.05) is 24.3 Å². The molecule has 0 fully saturated rings. The lowest BCUT2D eigenvalue weighted by molar-refractivity contribution is 0.0991. The molecule has 3 aromatic carbocycles. The predicted octanol–water partition coefficient (Wildman–Crippen LogP) is 3.85. The fourth-order valence-corrected chi connectivity index (χ4v) is 5.09. The van der Waals surface area contributed by atoms with Crippen LogP contribution in [0.2, 0.25) is 0 Å². The van der Waals surface area contributed by atoms with Gasteiger partial charge in [0.25, 0.3) is 5.91 Å². The second kappa shape index (κ2) is 14.4. The minimum absolute atomic E-state index is 0.217. The summed E-state index contributed by atoms with van der Waals surface area (Å²) >= 11 is 0. The molecule has 48 heavy (non-hydrogen) atoms. The van der Waals surface area contributed by atoms with Crippen molar-refractivity contribution in [1.29, 1.82) is 0 Å². The van der Waals surface area contributed by atoms with Crippen LogP contribution < -0.4 is 37.3 Å². The second-order valence-electron chi connectivity index (χ2n) is 10.8. The van der Waals surface area contributed by atoms with E-state index in [-0.39, 0.29) is 24.0 Å². The summed E-state index contributed by atoms with van der Waals surface area (Å²) in [5, 5.41) is 10.5. The second-order valence-corrected chi connectivity index (χ2v) is 10.8. The monoisotopic (exact) mass is 651 g/mol. The number of nitrogens with two attached hydrogens (primary N) is 3. The van der Waals surface area contributed by atoms with Crippen molar-refractivity contribution in [1.82, 2.24) is 19.3 Å². The number of aryl methyl sites for hydroxylation is 2. The Hall–Kier alpha value is -6.31. The molecule has 8 N–H and O–H groups in total. The number of hydrogen-bond acceptors (Lipinski definition) is 9. The molecular formula is C34H37N9O5. The highest BCUT2D eigenvalue weighted by Crippen LogP contribution is 2.33. The van der Waals surface area contributed by atoms with Gasteiger partial charge in [-0.15, -0.1) is 0 Å². The Balaban J connectivity index is 1.35. The van der Waals surface area contributed by atoms with Crippen LogP contribution in [0.5, 0.6) is 11.5 Å². The highest BCUT2D eigenvalue weighted by atomic mass is 16.5. The van der Waals surface area contributed by atoms with Crippen LogP contribution >= 0.6 is 0 Å². The molecule has 3 amide bonds. The molecule has 0 atom stereocenters. The number of anilines is 3. The largest absolute Gasteiger partial charge is 0.497 e. The van der Waals surface area contributed by atoms with Gasteiger partial charge in [0.15, 0.2) is 0 Å². The summed E-state index contributed by atoms with van der Waals surface area (Å²) in [6, 6.07) is 17.1. The van der Waals surface area contributed by atoms with E-state index in [2.05, 4.69) is 20.7 Å². The highest BCUT2D eigenvalue weighted by molar-refractivity contribution is 6.03. The lowest BCUT2D eigenvalue weighted by Gasteiger charge is -2.16. The number of primary amides is 2. The van der Waals surface area contributed by atoms with Gasteiger partial charge in [0.1, 0.15) is 29.5 Å². The molecule has 14 nitrogen and oxygen atoms in total. The number of ether oxygens (including phenoxy) is 2. The molecule has 0 radical (unpaired) electrons. The Morgan fingerprint density at radius 1 is 0.958 bits per heavy atom. The predicted molar refractivity (Wildman–Crippen MR) is 183 cm³/mol. The van der Waals surface area contributed by atoms with E-state index in [9.17, 15) is 14.4 Å². The SMILES string of the molecule is CCn1nc(C)cc1C(=O)Nc1nc2cc(C(N)=O)ccc2n1C/C=C/CNc1c(N)cc(C(N)=O)cc1OCc1ccc(OC)cc1. The number of methoxy groups -OCH3 is 1. The highest BCUT2D eigenvalue weighted by Gasteiger charge is 2.19.